The zero-order valence-corrected chi connectivity index (χ0v) is 17.7. The number of hydrogen-bond acceptors (Lipinski definition) is 7. The summed E-state index contributed by atoms with van der Waals surface area (Å²) in [5, 5.41) is 20.6. The van der Waals surface area contributed by atoms with Gasteiger partial charge in [-0.3, -0.25) is 24.1 Å². The van der Waals surface area contributed by atoms with E-state index in [1.165, 1.54) is 0 Å². The number of aromatic nitrogens is 1. The van der Waals surface area contributed by atoms with E-state index in [1.54, 1.807) is 23.9 Å². The van der Waals surface area contributed by atoms with Gasteiger partial charge in [0.05, 0.1) is 16.9 Å². The second-order valence-electron chi connectivity index (χ2n) is 8.68. The maximum atomic E-state index is 13.1. The maximum Gasteiger partial charge on any atom is 0.323 e. The largest absolute Gasteiger partial charge is 0.508 e. The van der Waals surface area contributed by atoms with Crippen molar-refractivity contribution in [3.8, 4) is 5.75 Å². The molecule has 3 heterocycles. The number of fused-ring (bicyclic) bond motifs is 9. The van der Waals surface area contributed by atoms with Crippen LogP contribution in [0.4, 0.5) is 0 Å². The van der Waals surface area contributed by atoms with Crippen molar-refractivity contribution in [2.75, 3.05) is 6.54 Å². The molecule has 7 atom stereocenters. The smallest absolute Gasteiger partial charge is 0.323 e. The third kappa shape index (κ3) is 2.48. The Hall–Kier alpha value is -2.59. The first-order valence-electron chi connectivity index (χ1n) is 10.1. The van der Waals surface area contributed by atoms with Crippen LogP contribution >= 0.6 is 23.1 Å². The number of rotatable bonds is 3. The van der Waals surface area contributed by atoms with Crippen molar-refractivity contribution in [2.45, 2.75) is 22.6 Å². The van der Waals surface area contributed by atoms with E-state index >= 15 is 0 Å². The van der Waals surface area contributed by atoms with Crippen LogP contribution < -0.4 is 4.87 Å². The molecular formula is C21H18N2O6S2. The second-order valence-corrected chi connectivity index (χ2v) is 10.9. The SMILES string of the molecule is O=C(O)CN1C(=O)C2C3CC(C2C1=O)C1C3Sc2[nH]c(=O)sc2[C@H]1c1ccccc1O. The molecule has 2 aliphatic heterocycles. The lowest BCUT2D eigenvalue weighted by Crippen LogP contribution is -2.42. The summed E-state index contributed by atoms with van der Waals surface area (Å²) < 4.78 is 0. The molecular weight excluding hydrogens is 440 g/mol. The number of hydrogen-bond donors (Lipinski definition) is 3. The molecule has 1 saturated heterocycles. The van der Waals surface area contributed by atoms with E-state index in [2.05, 4.69) is 4.98 Å². The number of carbonyl (C=O) groups is 3. The highest BCUT2D eigenvalue weighted by atomic mass is 32.2. The topological polar surface area (TPSA) is 128 Å². The average Bonchev–Trinajstić information content (AvgIpc) is 3.44. The molecule has 1 aromatic carbocycles. The summed E-state index contributed by atoms with van der Waals surface area (Å²) in [5.74, 6) is -3.29. The van der Waals surface area contributed by atoms with Crippen LogP contribution in [0.15, 0.2) is 34.1 Å². The molecule has 3 N–H and O–H groups in total. The second kappa shape index (κ2) is 6.46. The van der Waals surface area contributed by atoms with Crippen LogP contribution in [-0.4, -0.2) is 49.7 Å². The Morgan fingerprint density at radius 1 is 1.13 bits per heavy atom. The highest BCUT2D eigenvalue weighted by Gasteiger charge is 2.69. The maximum absolute atomic E-state index is 13.1. The lowest BCUT2D eigenvalue weighted by atomic mass is 9.68. The number of nitrogens with one attached hydrogen (secondary N) is 1. The molecule has 0 spiro atoms. The number of benzene rings is 1. The number of thioether (sulfide) groups is 1. The number of imide groups is 1. The quantitative estimate of drug-likeness (QED) is 0.597. The minimum absolute atomic E-state index is 0.00938. The minimum atomic E-state index is -1.20. The highest BCUT2D eigenvalue weighted by Crippen LogP contribution is 2.68. The van der Waals surface area contributed by atoms with Crippen LogP contribution in [0.5, 0.6) is 5.75 Å². The Kier molecular flexibility index (Phi) is 3.98. The van der Waals surface area contributed by atoms with E-state index in [0.717, 1.165) is 38.1 Å². The Morgan fingerprint density at radius 3 is 2.55 bits per heavy atom. The molecule has 2 aromatic rings. The molecule has 2 saturated carbocycles. The summed E-state index contributed by atoms with van der Waals surface area (Å²) in [6, 6.07) is 7.06. The van der Waals surface area contributed by atoms with Gasteiger partial charge in [-0.15, -0.1) is 11.8 Å². The average molecular weight is 459 g/mol. The number of amides is 2. The predicted molar refractivity (Wildman–Crippen MR) is 111 cm³/mol. The molecule has 4 aliphatic rings. The van der Waals surface area contributed by atoms with Crippen molar-refractivity contribution in [1.82, 2.24) is 9.88 Å². The molecule has 1 aromatic heterocycles. The van der Waals surface area contributed by atoms with E-state index in [-0.39, 0.29) is 45.5 Å². The van der Waals surface area contributed by atoms with Gasteiger partial charge < -0.3 is 15.2 Å². The van der Waals surface area contributed by atoms with E-state index in [9.17, 15) is 24.3 Å². The summed E-state index contributed by atoms with van der Waals surface area (Å²) in [5.41, 5.74) is 0.720. The molecule has 8 nitrogen and oxygen atoms in total. The number of aromatic hydroxyl groups is 1. The molecule has 2 aliphatic carbocycles. The monoisotopic (exact) mass is 458 g/mol. The van der Waals surface area contributed by atoms with Gasteiger partial charge in [0.2, 0.25) is 11.8 Å². The molecule has 6 rings (SSSR count). The first kappa shape index (κ1) is 19.1. The predicted octanol–water partition coefficient (Wildman–Crippen LogP) is 1.70. The van der Waals surface area contributed by atoms with Gasteiger partial charge in [-0.05, 0) is 30.2 Å². The van der Waals surface area contributed by atoms with Crippen LogP contribution in [0.1, 0.15) is 22.8 Å². The number of para-hydroxylation sites is 1. The first-order chi connectivity index (χ1) is 14.9. The van der Waals surface area contributed by atoms with Crippen molar-refractivity contribution in [1.29, 1.82) is 0 Å². The van der Waals surface area contributed by atoms with Crippen molar-refractivity contribution in [3.05, 3.63) is 44.4 Å². The summed E-state index contributed by atoms with van der Waals surface area (Å²) in [4.78, 5) is 54.0. The molecule has 2 bridgehead atoms. The third-order valence-corrected chi connectivity index (χ3v) is 9.97. The van der Waals surface area contributed by atoms with Gasteiger partial charge in [-0.25, -0.2) is 0 Å². The van der Waals surface area contributed by atoms with Crippen LogP contribution in [0.2, 0.25) is 0 Å². The molecule has 0 radical (unpaired) electrons. The fraction of sp³-hybridized carbons (Fsp3) is 0.429. The number of phenols is 1. The van der Waals surface area contributed by atoms with Crippen LogP contribution in [0.25, 0.3) is 0 Å². The summed E-state index contributed by atoms with van der Waals surface area (Å²) >= 11 is 2.69. The number of thiazole rings is 1. The van der Waals surface area contributed by atoms with E-state index in [0.29, 0.717) is 0 Å². The molecule has 6 unspecified atom stereocenters. The number of phenolic OH excluding ortho intramolecular Hbond substituents is 1. The normalized spacial score (nSPS) is 35.2. The molecule has 160 valence electrons. The first-order valence-corrected chi connectivity index (χ1v) is 11.8. The highest BCUT2D eigenvalue weighted by molar-refractivity contribution is 8.00. The minimum Gasteiger partial charge on any atom is -0.508 e. The number of nitrogens with zero attached hydrogens (tertiary/aromatic N) is 1. The van der Waals surface area contributed by atoms with Crippen molar-refractivity contribution in [3.63, 3.8) is 0 Å². The number of H-pyrrole nitrogens is 1. The van der Waals surface area contributed by atoms with Gasteiger partial charge in [0.1, 0.15) is 12.3 Å². The lowest BCUT2D eigenvalue weighted by molar-refractivity contribution is -0.149. The number of carboxylic acids is 1. The third-order valence-electron chi connectivity index (χ3n) is 7.38. The molecule has 10 heteroatoms. The Bertz CT molecular complexity index is 1200. The van der Waals surface area contributed by atoms with Gasteiger partial charge in [-0.2, -0.15) is 0 Å². The standard InChI is InChI=1S/C21H18N2O6S2/c24-10-4-2-1-3-7(10)12-13-8-5-9(16(13)30-18-17(12)31-21(29)22-18)15-14(8)19(27)23(20(15)28)6-11(25)26/h1-4,8-9,12-16,24H,5-6H2,(H,22,29)(H,25,26)/t8?,9?,12-,13?,14?,15?,16?/m0/s1. The molecule has 31 heavy (non-hydrogen) atoms. The zero-order chi connectivity index (χ0) is 21.6. The Balaban J connectivity index is 1.47. The summed E-state index contributed by atoms with van der Waals surface area (Å²) in [7, 11) is 0. The van der Waals surface area contributed by atoms with E-state index in [1.807, 2.05) is 12.1 Å². The van der Waals surface area contributed by atoms with Gasteiger partial charge in [-0.1, -0.05) is 29.5 Å². The van der Waals surface area contributed by atoms with Gasteiger partial charge >= 0.3 is 10.8 Å². The number of likely N-dealkylation sites (tertiary alicyclic amines) is 1. The Labute approximate surface area is 184 Å². The number of aliphatic carboxylic acids is 1. The van der Waals surface area contributed by atoms with Gasteiger partial charge in [0, 0.05) is 21.6 Å². The lowest BCUT2D eigenvalue weighted by Gasteiger charge is -2.43. The summed E-state index contributed by atoms with van der Waals surface area (Å²) in [6.45, 7) is -0.601. The van der Waals surface area contributed by atoms with E-state index < -0.39 is 30.3 Å². The number of aromatic amines is 1. The van der Waals surface area contributed by atoms with E-state index in [4.69, 9.17) is 5.11 Å². The number of carboxylic acid groups (broad SMARTS) is 1. The number of carbonyl (C=O) groups excluding carboxylic acids is 2. The summed E-state index contributed by atoms with van der Waals surface area (Å²) in [6.07, 6.45) is 0.722. The molecule has 3 fully saturated rings. The van der Waals surface area contributed by atoms with Crippen LogP contribution in [0.3, 0.4) is 0 Å². The Morgan fingerprint density at radius 2 is 1.84 bits per heavy atom. The fourth-order valence-electron chi connectivity index (χ4n) is 6.47. The van der Waals surface area contributed by atoms with Crippen LogP contribution in [0, 0.1) is 29.6 Å². The van der Waals surface area contributed by atoms with Crippen molar-refractivity contribution < 1.29 is 24.6 Å². The fourth-order valence-corrected chi connectivity index (χ4v) is 9.35. The van der Waals surface area contributed by atoms with Gasteiger partial charge in [0.25, 0.3) is 0 Å². The zero-order valence-electron chi connectivity index (χ0n) is 16.1. The van der Waals surface area contributed by atoms with Crippen molar-refractivity contribution in [2.24, 2.45) is 29.6 Å². The van der Waals surface area contributed by atoms with Crippen LogP contribution in [-0.2, 0) is 14.4 Å². The molecule has 2 amide bonds. The van der Waals surface area contributed by atoms with Gasteiger partial charge in [0.15, 0.2) is 0 Å². The van der Waals surface area contributed by atoms with Crippen molar-refractivity contribution >= 4 is 40.9 Å².